The molecule has 0 aliphatic carbocycles. The van der Waals surface area contributed by atoms with Crippen LogP contribution in [0.2, 0.25) is 0 Å². The van der Waals surface area contributed by atoms with Gasteiger partial charge < -0.3 is 14.5 Å². The lowest BCUT2D eigenvalue weighted by molar-refractivity contribution is 0.102. The van der Waals surface area contributed by atoms with Crippen molar-refractivity contribution in [3.05, 3.63) is 84.3 Å². The van der Waals surface area contributed by atoms with E-state index in [1.807, 2.05) is 35.1 Å². The third-order valence-electron chi connectivity index (χ3n) is 4.98. The summed E-state index contributed by atoms with van der Waals surface area (Å²) in [5.41, 5.74) is 1.77. The minimum Gasteiger partial charge on any atom is -0.484 e. The number of hydrogen-bond donors (Lipinski definition) is 1. The second-order valence-corrected chi connectivity index (χ2v) is 8.60. The maximum Gasteiger partial charge on any atom is 0.288 e. The summed E-state index contributed by atoms with van der Waals surface area (Å²) in [4.78, 5) is 16.9. The third-order valence-corrected chi connectivity index (χ3v) is 5.70. The van der Waals surface area contributed by atoms with Gasteiger partial charge >= 0.3 is 0 Å². The van der Waals surface area contributed by atoms with E-state index < -0.39 is 11.7 Å². The summed E-state index contributed by atoms with van der Waals surface area (Å²) >= 11 is 0.442. The molecule has 11 heteroatoms. The molecule has 4 rings (SSSR count). The number of carbonyl (C=O) groups excluding carboxylic acids is 1. The van der Waals surface area contributed by atoms with Crippen molar-refractivity contribution in [1.29, 1.82) is 0 Å². The number of thioether (sulfide) groups is 1. The number of carbonyl (C=O) groups is 1. The minimum absolute atomic E-state index is 0.0735. The fraction of sp³-hybridized carbons (Fsp3) is 0.250. The van der Waals surface area contributed by atoms with Crippen LogP contribution in [0.3, 0.4) is 0 Å². The average Bonchev–Trinajstić information content (AvgIpc) is 3.55. The van der Waals surface area contributed by atoms with E-state index >= 15 is 0 Å². The topological polar surface area (TPSA) is 95.1 Å². The van der Waals surface area contributed by atoms with Crippen molar-refractivity contribution in [2.45, 2.75) is 43.1 Å². The van der Waals surface area contributed by atoms with E-state index in [1.54, 1.807) is 18.3 Å². The molecule has 0 radical (unpaired) electrons. The van der Waals surface area contributed by atoms with Crippen molar-refractivity contribution in [3.63, 3.8) is 0 Å². The molecule has 0 spiro atoms. The summed E-state index contributed by atoms with van der Waals surface area (Å²) in [6, 6.07) is 13.9. The number of nitrogens with zero attached hydrogens (tertiary/aromatic N) is 4. The van der Waals surface area contributed by atoms with E-state index in [0.29, 0.717) is 28.1 Å². The zero-order chi connectivity index (χ0) is 24.5. The minimum atomic E-state index is -2.49. The van der Waals surface area contributed by atoms with Gasteiger partial charge in [-0.3, -0.25) is 9.48 Å². The van der Waals surface area contributed by atoms with Gasteiger partial charge in [-0.15, -0.1) is 5.10 Å². The predicted molar refractivity (Wildman–Crippen MR) is 126 cm³/mol. The van der Waals surface area contributed by atoms with Gasteiger partial charge in [0.1, 0.15) is 12.0 Å². The Morgan fingerprint density at radius 2 is 1.91 bits per heavy atom. The Morgan fingerprint density at radius 3 is 2.63 bits per heavy atom. The number of halogens is 2. The molecule has 0 unspecified atom stereocenters. The van der Waals surface area contributed by atoms with Gasteiger partial charge in [0.15, 0.2) is 12.3 Å². The summed E-state index contributed by atoms with van der Waals surface area (Å²) in [6.07, 6.45) is 7.80. The Labute approximate surface area is 204 Å². The second kappa shape index (κ2) is 12.1. The number of aryl methyl sites for hydroxylation is 2. The number of benzene rings is 2. The molecule has 0 bridgehead atoms. The van der Waals surface area contributed by atoms with Crippen molar-refractivity contribution in [2.75, 3.05) is 5.32 Å². The van der Waals surface area contributed by atoms with Gasteiger partial charge in [-0.1, -0.05) is 29.1 Å². The van der Waals surface area contributed by atoms with Crippen molar-refractivity contribution < 1.29 is 22.7 Å². The zero-order valence-electron chi connectivity index (χ0n) is 18.6. The molecule has 4 aromatic rings. The largest absolute Gasteiger partial charge is 0.484 e. The smallest absolute Gasteiger partial charge is 0.288 e. The van der Waals surface area contributed by atoms with Gasteiger partial charge in [0.2, 0.25) is 5.89 Å². The second-order valence-electron chi connectivity index (χ2n) is 7.54. The average molecular weight is 500 g/mol. The van der Waals surface area contributed by atoms with Crippen LogP contribution in [-0.2, 0) is 19.6 Å². The molecule has 0 saturated heterocycles. The lowest BCUT2D eigenvalue weighted by atomic mass is 10.1. The third kappa shape index (κ3) is 7.64. The molecule has 182 valence electrons. The van der Waals surface area contributed by atoms with Crippen LogP contribution in [0.15, 0.2) is 76.5 Å². The maximum absolute atomic E-state index is 12.4. The van der Waals surface area contributed by atoms with Crippen molar-refractivity contribution in [2.24, 2.45) is 0 Å². The Balaban J connectivity index is 1.20. The summed E-state index contributed by atoms with van der Waals surface area (Å²) in [7, 11) is 0. The van der Waals surface area contributed by atoms with Crippen molar-refractivity contribution in [3.8, 4) is 5.75 Å². The molecule has 2 aromatic carbocycles. The molecule has 35 heavy (non-hydrogen) atoms. The number of unbranched alkanes of at least 4 members (excludes halogenated alkanes) is 1. The highest BCUT2D eigenvalue weighted by molar-refractivity contribution is 7.99. The fourth-order valence-electron chi connectivity index (χ4n) is 3.25. The number of anilines is 1. The van der Waals surface area contributed by atoms with Crippen LogP contribution in [0.5, 0.6) is 5.75 Å². The lowest BCUT2D eigenvalue weighted by Crippen LogP contribution is -2.12. The number of hydrogen-bond acceptors (Lipinski definition) is 7. The first-order valence-electron chi connectivity index (χ1n) is 10.9. The monoisotopic (exact) mass is 499 g/mol. The van der Waals surface area contributed by atoms with Gasteiger partial charge in [-0.25, -0.2) is 4.98 Å². The molecule has 8 nitrogen and oxygen atoms in total. The predicted octanol–water partition coefficient (Wildman–Crippen LogP) is 5.44. The van der Waals surface area contributed by atoms with Crippen molar-refractivity contribution in [1.82, 2.24) is 20.0 Å². The Bertz CT molecular complexity index is 1200. The van der Waals surface area contributed by atoms with Gasteiger partial charge in [0, 0.05) is 23.3 Å². The van der Waals surface area contributed by atoms with Crippen LogP contribution in [0, 0.1) is 0 Å². The van der Waals surface area contributed by atoms with Crippen LogP contribution in [0.4, 0.5) is 14.5 Å². The van der Waals surface area contributed by atoms with Gasteiger partial charge in [0.25, 0.3) is 11.7 Å². The number of nitrogens with one attached hydrogen (secondary N) is 1. The Morgan fingerprint density at radius 1 is 1.11 bits per heavy atom. The first kappa shape index (κ1) is 24.4. The summed E-state index contributed by atoms with van der Waals surface area (Å²) < 4.78 is 37.7. The summed E-state index contributed by atoms with van der Waals surface area (Å²) in [5, 5.41) is 10.4. The van der Waals surface area contributed by atoms with E-state index in [-0.39, 0.29) is 18.2 Å². The molecule has 0 fully saturated rings. The van der Waals surface area contributed by atoms with E-state index in [1.165, 1.54) is 24.0 Å². The lowest BCUT2D eigenvalue weighted by Gasteiger charge is -2.06. The van der Waals surface area contributed by atoms with Crippen LogP contribution in [-0.4, -0.2) is 31.6 Å². The highest BCUT2D eigenvalue weighted by Crippen LogP contribution is 2.26. The molecule has 1 amide bonds. The van der Waals surface area contributed by atoms with Crippen LogP contribution >= 0.6 is 11.8 Å². The number of aromatic nitrogens is 4. The highest BCUT2D eigenvalue weighted by atomic mass is 32.2. The van der Waals surface area contributed by atoms with Crippen LogP contribution in [0.25, 0.3) is 0 Å². The Hall–Kier alpha value is -3.73. The number of ether oxygens (including phenoxy) is 1. The number of oxazole rings is 1. The van der Waals surface area contributed by atoms with E-state index in [2.05, 4.69) is 20.6 Å². The molecular formula is C24H23F2N5O3S. The van der Waals surface area contributed by atoms with Crippen molar-refractivity contribution >= 4 is 23.4 Å². The SMILES string of the molecule is O=C(Nc1ccc(SC(F)F)cc1)c1coc(COc2ccc(CCCCn3ccnn3)cc2)n1. The quantitative estimate of drug-likeness (QED) is 0.205. The maximum atomic E-state index is 12.4. The molecule has 0 aliphatic heterocycles. The van der Waals surface area contributed by atoms with E-state index in [4.69, 9.17) is 9.15 Å². The molecule has 2 aromatic heterocycles. The summed E-state index contributed by atoms with van der Waals surface area (Å²) in [6.45, 7) is 0.925. The molecule has 0 atom stereocenters. The fourth-order valence-corrected chi connectivity index (χ4v) is 3.75. The summed E-state index contributed by atoms with van der Waals surface area (Å²) in [5.74, 6) is -2.04. The molecule has 1 N–H and O–H groups in total. The Kier molecular flexibility index (Phi) is 8.44. The first-order valence-corrected chi connectivity index (χ1v) is 11.8. The normalized spacial score (nSPS) is 11.1. The molecule has 0 aliphatic rings. The highest BCUT2D eigenvalue weighted by Gasteiger charge is 2.13. The number of alkyl halides is 2. The zero-order valence-corrected chi connectivity index (χ0v) is 19.5. The van der Waals surface area contributed by atoms with E-state index in [9.17, 15) is 13.6 Å². The number of amides is 1. The standard InChI is InChI=1S/C24H23F2N5O3S/c25-24(26)35-20-10-6-18(7-11-20)28-23(32)21-15-34-22(29-21)16-33-19-8-4-17(5-9-19)3-1-2-13-31-14-12-27-30-31/h4-12,14-15,24H,1-3,13,16H2,(H,28,32). The van der Waals surface area contributed by atoms with E-state index in [0.717, 1.165) is 25.8 Å². The van der Waals surface area contributed by atoms with Crippen LogP contribution in [0.1, 0.15) is 34.8 Å². The van der Waals surface area contributed by atoms with Gasteiger partial charge in [-0.2, -0.15) is 8.78 Å². The molecular weight excluding hydrogens is 476 g/mol. The van der Waals surface area contributed by atoms with Gasteiger partial charge in [0.05, 0.1) is 6.20 Å². The van der Waals surface area contributed by atoms with Gasteiger partial charge in [-0.05, 0) is 61.2 Å². The van der Waals surface area contributed by atoms with Crippen LogP contribution < -0.4 is 10.1 Å². The molecule has 2 heterocycles. The first-order chi connectivity index (χ1) is 17.0. The number of rotatable bonds is 12. The molecule has 0 saturated carbocycles.